The number of carbonyl (C=O) groups excluding carboxylic acids is 1. The second-order valence-corrected chi connectivity index (χ2v) is 8.87. The number of benzene rings is 2. The van der Waals surface area contributed by atoms with Crippen molar-refractivity contribution in [3.05, 3.63) is 71.3 Å². The van der Waals surface area contributed by atoms with E-state index in [1.165, 1.54) is 11.3 Å². The van der Waals surface area contributed by atoms with E-state index in [0.717, 1.165) is 9.26 Å². The number of methoxy groups -OCH3 is 1. The molecule has 7 nitrogen and oxygen atoms in total. The average molecular weight is 518 g/mol. The molecule has 0 radical (unpaired) electrons. The standard InChI is InChI=1S/C20H15IN4O3S/c1-28-13-6-7-15-14(8-13)16(18(26)23-15)17-19(27)25-10-24(9-22-20(25)29-17)12-4-2-11(21)3-5-12/h2-8H,9-10H2,1H3,(H,23,26)/b17-16-. The fraction of sp³-hybridized carbons (Fsp3) is 0.150. The fourth-order valence-corrected chi connectivity index (χ4v) is 4.89. The predicted molar refractivity (Wildman–Crippen MR) is 120 cm³/mol. The Balaban J connectivity index is 1.64. The number of nitrogens with zero attached hydrogens (tertiary/aromatic N) is 3. The van der Waals surface area contributed by atoms with E-state index >= 15 is 0 Å². The maximum atomic E-state index is 13.2. The number of hydrogen-bond donors (Lipinski definition) is 1. The van der Waals surface area contributed by atoms with Crippen molar-refractivity contribution >= 4 is 56.8 Å². The predicted octanol–water partition coefficient (Wildman–Crippen LogP) is 1.73. The molecule has 2 aromatic carbocycles. The van der Waals surface area contributed by atoms with Crippen LogP contribution in [0, 0.1) is 3.57 Å². The van der Waals surface area contributed by atoms with Crippen molar-refractivity contribution in [3.8, 4) is 5.75 Å². The summed E-state index contributed by atoms with van der Waals surface area (Å²) in [6.45, 7) is 0.862. The van der Waals surface area contributed by atoms with Gasteiger partial charge >= 0.3 is 0 Å². The van der Waals surface area contributed by atoms with E-state index in [2.05, 4.69) is 32.9 Å². The summed E-state index contributed by atoms with van der Waals surface area (Å²) in [5.41, 5.74) is 2.54. The molecule has 1 aromatic heterocycles. The molecule has 2 aliphatic rings. The summed E-state index contributed by atoms with van der Waals surface area (Å²) in [6, 6.07) is 13.4. The molecule has 0 fully saturated rings. The third-order valence-electron chi connectivity index (χ3n) is 4.94. The minimum absolute atomic E-state index is 0.204. The van der Waals surface area contributed by atoms with Crippen molar-refractivity contribution in [2.24, 2.45) is 4.99 Å². The van der Waals surface area contributed by atoms with Crippen LogP contribution in [0.2, 0.25) is 0 Å². The highest BCUT2D eigenvalue weighted by Gasteiger charge is 2.28. The first-order valence-electron chi connectivity index (χ1n) is 8.84. The van der Waals surface area contributed by atoms with Gasteiger partial charge in [0, 0.05) is 20.5 Å². The maximum Gasteiger partial charge on any atom is 0.272 e. The van der Waals surface area contributed by atoms with Crippen LogP contribution in [0.15, 0.2) is 52.3 Å². The zero-order valence-electron chi connectivity index (χ0n) is 15.3. The highest BCUT2D eigenvalue weighted by atomic mass is 127. The molecule has 2 aliphatic heterocycles. The molecule has 0 atom stereocenters. The summed E-state index contributed by atoms with van der Waals surface area (Å²) >= 11 is 3.52. The minimum atomic E-state index is -0.279. The zero-order valence-corrected chi connectivity index (χ0v) is 18.3. The summed E-state index contributed by atoms with van der Waals surface area (Å²) < 4.78 is 8.46. The van der Waals surface area contributed by atoms with E-state index in [1.807, 2.05) is 29.2 Å². The molecule has 0 spiro atoms. The van der Waals surface area contributed by atoms with Gasteiger partial charge in [0.1, 0.15) is 23.6 Å². The molecular weight excluding hydrogens is 503 g/mol. The van der Waals surface area contributed by atoms with Crippen LogP contribution in [0.25, 0.3) is 5.57 Å². The summed E-state index contributed by atoms with van der Waals surface area (Å²) in [6.07, 6.45) is 0. The van der Waals surface area contributed by atoms with Crippen LogP contribution in [-0.2, 0) is 11.5 Å². The average Bonchev–Trinajstić information content (AvgIpc) is 3.23. The largest absolute Gasteiger partial charge is 0.497 e. The minimum Gasteiger partial charge on any atom is -0.497 e. The number of amides is 1. The molecule has 1 N–H and O–H groups in total. The van der Waals surface area contributed by atoms with E-state index in [4.69, 9.17) is 4.74 Å². The quantitative estimate of drug-likeness (QED) is 0.525. The van der Waals surface area contributed by atoms with Gasteiger partial charge in [0.15, 0.2) is 4.80 Å². The van der Waals surface area contributed by atoms with Crippen LogP contribution in [-0.4, -0.2) is 24.3 Å². The first-order chi connectivity index (χ1) is 14.0. The molecule has 5 rings (SSSR count). The molecule has 0 saturated heterocycles. The van der Waals surface area contributed by atoms with Gasteiger partial charge in [-0.15, -0.1) is 0 Å². The van der Waals surface area contributed by atoms with Crippen LogP contribution in [0.4, 0.5) is 11.4 Å². The van der Waals surface area contributed by atoms with Crippen LogP contribution in [0.5, 0.6) is 5.75 Å². The van der Waals surface area contributed by atoms with E-state index in [9.17, 15) is 9.59 Å². The second-order valence-electron chi connectivity index (χ2n) is 6.64. The van der Waals surface area contributed by atoms with Crippen LogP contribution < -0.4 is 29.8 Å². The Morgan fingerprint density at radius 3 is 2.72 bits per heavy atom. The third kappa shape index (κ3) is 3.04. The molecule has 3 heterocycles. The molecule has 29 heavy (non-hydrogen) atoms. The zero-order chi connectivity index (χ0) is 20.1. The maximum absolute atomic E-state index is 13.2. The number of thiazole rings is 1. The normalized spacial score (nSPS) is 16.8. The van der Waals surface area contributed by atoms with Gasteiger partial charge in [-0.1, -0.05) is 11.3 Å². The first-order valence-corrected chi connectivity index (χ1v) is 10.7. The molecule has 0 unspecified atom stereocenters. The Morgan fingerprint density at radius 1 is 1.17 bits per heavy atom. The highest BCUT2D eigenvalue weighted by molar-refractivity contribution is 14.1. The number of fused-ring (bicyclic) bond motifs is 2. The Bertz CT molecular complexity index is 1330. The first kappa shape index (κ1) is 18.4. The number of rotatable bonds is 2. The van der Waals surface area contributed by atoms with E-state index in [1.54, 1.807) is 29.9 Å². The van der Waals surface area contributed by atoms with Gasteiger partial charge in [-0.05, 0) is 65.1 Å². The molecule has 9 heteroatoms. The lowest BCUT2D eigenvalue weighted by Crippen LogP contribution is -2.43. The molecule has 0 aliphatic carbocycles. The smallest absolute Gasteiger partial charge is 0.272 e. The van der Waals surface area contributed by atoms with Crippen LogP contribution >= 0.6 is 33.9 Å². The topological polar surface area (TPSA) is 75.9 Å². The van der Waals surface area contributed by atoms with Crippen molar-refractivity contribution in [2.75, 3.05) is 24.0 Å². The van der Waals surface area contributed by atoms with Gasteiger partial charge < -0.3 is 15.0 Å². The summed E-state index contributed by atoms with van der Waals surface area (Å²) in [4.78, 5) is 33.1. The Kier molecular flexibility index (Phi) is 4.43. The molecule has 3 aromatic rings. The number of hydrogen-bond acceptors (Lipinski definition) is 6. The molecule has 0 bridgehead atoms. The van der Waals surface area contributed by atoms with Crippen molar-refractivity contribution < 1.29 is 9.53 Å². The summed E-state index contributed by atoms with van der Waals surface area (Å²) in [7, 11) is 1.57. The fourth-order valence-electron chi connectivity index (χ4n) is 3.48. The van der Waals surface area contributed by atoms with E-state index in [-0.39, 0.29) is 11.5 Å². The Hall–Kier alpha value is -2.66. The Labute approximate surface area is 183 Å². The van der Waals surface area contributed by atoms with E-state index in [0.29, 0.717) is 45.2 Å². The molecule has 1 amide bonds. The van der Waals surface area contributed by atoms with Crippen LogP contribution in [0.3, 0.4) is 0 Å². The van der Waals surface area contributed by atoms with Crippen LogP contribution in [0.1, 0.15) is 5.56 Å². The van der Waals surface area contributed by atoms with Gasteiger partial charge in [0.05, 0.1) is 12.7 Å². The number of anilines is 2. The van der Waals surface area contributed by atoms with Gasteiger partial charge in [-0.2, -0.15) is 0 Å². The van der Waals surface area contributed by atoms with Gasteiger partial charge in [0.2, 0.25) is 0 Å². The molecular formula is C20H15IN4O3S. The lowest BCUT2D eigenvalue weighted by Gasteiger charge is -2.25. The van der Waals surface area contributed by atoms with Gasteiger partial charge in [-0.3, -0.25) is 14.2 Å². The Morgan fingerprint density at radius 2 is 1.97 bits per heavy atom. The van der Waals surface area contributed by atoms with Gasteiger partial charge in [-0.25, -0.2) is 4.99 Å². The van der Waals surface area contributed by atoms with E-state index < -0.39 is 0 Å². The summed E-state index contributed by atoms with van der Waals surface area (Å²) in [5.74, 6) is 0.354. The van der Waals surface area contributed by atoms with Crippen molar-refractivity contribution in [1.29, 1.82) is 0 Å². The van der Waals surface area contributed by atoms with Gasteiger partial charge in [0.25, 0.3) is 11.5 Å². The summed E-state index contributed by atoms with van der Waals surface area (Å²) in [5, 5.41) is 2.83. The molecule has 0 saturated carbocycles. The number of ether oxygens (including phenoxy) is 1. The number of carbonyl (C=O) groups is 1. The molecule has 146 valence electrons. The second kappa shape index (κ2) is 6.99. The monoisotopic (exact) mass is 518 g/mol. The number of aromatic nitrogens is 1. The number of nitrogens with one attached hydrogen (secondary N) is 1. The lowest BCUT2D eigenvalue weighted by molar-refractivity contribution is -0.110. The SMILES string of the molecule is COc1ccc2c(c1)/C(=c1/sc3n(c1=O)CN(c1ccc(I)cc1)CN=3)C(=O)N2. The van der Waals surface area contributed by atoms with Crippen molar-refractivity contribution in [1.82, 2.24) is 4.57 Å². The van der Waals surface area contributed by atoms with Crippen molar-refractivity contribution in [2.45, 2.75) is 6.67 Å². The highest BCUT2D eigenvalue weighted by Crippen LogP contribution is 2.33. The van der Waals surface area contributed by atoms with Crippen molar-refractivity contribution in [3.63, 3.8) is 0 Å². The third-order valence-corrected chi connectivity index (χ3v) is 6.78. The number of halogens is 1. The lowest BCUT2D eigenvalue weighted by atomic mass is 10.1.